The number of aryl methyl sites for hydroxylation is 1. The van der Waals surface area contributed by atoms with Crippen LogP contribution in [-0.2, 0) is 19.4 Å². The minimum Gasteiger partial charge on any atom is -0.326 e. The molecule has 0 saturated carbocycles. The lowest BCUT2D eigenvalue weighted by Crippen LogP contribution is -2.11. The van der Waals surface area contributed by atoms with Crippen molar-refractivity contribution < 1.29 is 0 Å². The van der Waals surface area contributed by atoms with Crippen LogP contribution in [0.2, 0.25) is 0 Å². The highest BCUT2D eigenvalue weighted by Crippen LogP contribution is 2.34. The molecule has 0 bridgehead atoms. The molecule has 1 unspecified atom stereocenters. The average molecular weight is 298 g/mol. The first kappa shape index (κ1) is 13.0. The van der Waals surface area contributed by atoms with Crippen LogP contribution in [0.4, 0.5) is 0 Å². The van der Waals surface area contributed by atoms with Gasteiger partial charge in [-0.15, -0.1) is 10.2 Å². The first-order valence-electron chi connectivity index (χ1n) is 7.41. The summed E-state index contributed by atoms with van der Waals surface area (Å²) in [5.74, 6) is 1.73. The first-order chi connectivity index (χ1) is 10.3. The normalized spacial score (nSPS) is 18.1. The van der Waals surface area contributed by atoms with Gasteiger partial charge in [0.1, 0.15) is 0 Å². The predicted octanol–water partition coefficient (Wildman–Crippen LogP) is 3.04. The second kappa shape index (κ2) is 4.93. The van der Waals surface area contributed by atoms with Gasteiger partial charge in [-0.3, -0.25) is 4.40 Å². The Labute approximate surface area is 127 Å². The zero-order valence-corrected chi connectivity index (χ0v) is 12.9. The Kier molecular flexibility index (Phi) is 3.05. The fourth-order valence-corrected chi connectivity index (χ4v) is 4.38. The van der Waals surface area contributed by atoms with E-state index in [0.29, 0.717) is 6.54 Å². The van der Waals surface area contributed by atoms with Crippen molar-refractivity contribution in [1.82, 2.24) is 14.6 Å². The van der Waals surface area contributed by atoms with Gasteiger partial charge in [-0.05, 0) is 36.8 Å². The summed E-state index contributed by atoms with van der Waals surface area (Å²) < 4.78 is 2.25. The van der Waals surface area contributed by atoms with E-state index >= 15 is 0 Å². The van der Waals surface area contributed by atoms with Crippen molar-refractivity contribution in [3.63, 3.8) is 0 Å². The monoisotopic (exact) mass is 298 g/mol. The Hall–Kier alpha value is -1.72. The van der Waals surface area contributed by atoms with E-state index in [1.165, 1.54) is 23.4 Å². The number of nitrogens with zero attached hydrogens (tertiary/aromatic N) is 3. The number of aromatic nitrogens is 3. The predicted molar refractivity (Wildman–Crippen MR) is 85.4 cm³/mol. The number of nitrogens with two attached hydrogens (primary N) is 1. The van der Waals surface area contributed by atoms with E-state index in [2.05, 4.69) is 33.7 Å². The fraction of sp³-hybridized carbons (Fsp3) is 0.375. The molecule has 0 amide bonds. The van der Waals surface area contributed by atoms with E-state index in [-0.39, 0.29) is 0 Å². The second-order valence-corrected chi connectivity index (χ2v) is 6.93. The molecule has 1 atom stereocenters. The SMILES string of the molecule is CC1CCc2c(sc3nnc(-c4cccc(CN)c4)n23)C1. The maximum atomic E-state index is 5.75. The molecule has 0 saturated heterocycles. The summed E-state index contributed by atoms with van der Waals surface area (Å²) in [6, 6.07) is 8.29. The molecule has 2 heterocycles. The third-order valence-corrected chi connectivity index (χ3v) is 5.36. The Balaban J connectivity index is 1.89. The van der Waals surface area contributed by atoms with Crippen molar-refractivity contribution in [3.05, 3.63) is 40.4 Å². The van der Waals surface area contributed by atoms with Gasteiger partial charge >= 0.3 is 0 Å². The molecule has 2 aromatic heterocycles. The molecule has 5 heteroatoms. The third kappa shape index (κ3) is 2.08. The van der Waals surface area contributed by atoms with Gasteiger partial charge in [0.2, 0.25) is 4.96 Å². The van der Waals surface area contributed by atoms with Crippen LogP contribution in [0.25, 0.3) is 16.3 Å². The lowest BCUT2D eigenvalue weighted by atomic mass is 9.93. The van der Waals surface area contributed by atoms with Crippen molar-refractivity contribution in [1.29, 1.82) is 0 Å². The largest absolute Gasteiger partial charge is 0.326 e. The van der Waals surface area contributed by atoms with Gasteiger partial charge in [0, 0.05) is 22.7 Å². The summed E-state index contributed by atoms with van der Waals surface area (Å²) in [4.78, 5) is 2.50. The average Bonchev–Trinajstić information content (AvgIpc) is 3.05. The van der Waals surface area contributed by atoms with Gasteiger partial charge < -0.3 is 5.73 Å². The summed E-state index contributed by atoms with van der Waals surface area (Å²) in [6.07, 6.45) is 3.54. The molecular weight excluding hydrogens is 280 g/mol. The van der Waals surface area contributed by atoms with Crippen molar-refractivity contribution in [2.75, 3.05) is 0 Å². The number of benzene rings is 1. The van der Waals surface area contributed by atoms with Crippen molar-refractivity contribution in [3.8, 4) is 11.4 Å². The van der Waals surface area contributed by atoms with Crippen molar-refractivity contribution in [2.24, 2.45) is 11.7 Å². The lowest BCUT2D eigenvalue weighted by molar-refractivity contribution is 0.499. The van der Waals surface area contributed by atoms with E-state index in [0.717, 1.165) is 34.3 Å². The molecular formula is C16H18N4S. The van der Waals surface area contributed by atoms with Crippen molar-refractivity contribution >= 4 is 16.3 Å². The van der Waals surface area contributed by atoms with Crippen LogP contribution in [0.3, 0.4) is 0 Å². The minimum absolute atomic E-state index is 0.551. The maximum absolute atomic E-state index is 5.75. The minimum atomic E-state index is 0.551. The van der Waals surface area contributed by atoms with Gasteiger partial charge in [-0.1, -0.05) is 36.5 Å². The number of thiazole rings is 1. The molecule has 2 N–H and O–H groups in total. The number of rotatable bonds is 2. The second-order valence-electron chi connectivity index (χ2n) is 5.87. The number of hydrogen-bond acceptors (Lipinski definition) is 4. The maximum Gasteiger partial charge on any atom is 0.216 e. The van der Waals surface area contributed by atoms with Crippen LogP contribution in [0.15, 0.2) is 24.3 Å². The molecule has 0 radical (unpaired) electrons. The Morgan fingerprint density at radius 2 is 2.29 bits per heavy atom. The summed E-state index contributed by atoms with van der Waals surface area (Å²) in [7, 11) is 0. The Bertz CT molecular complexity index is 802. The van der Waals surface area contributed by atoms with Crippen LogP contribution >= 0.6 is 11.3 Å². The van der Waals surface area contributed by atoms with E-state index in [9.17, 15) is 0 Å². The van der Waals surface area contributed by atoms with E-state index in [1.807, 2.05) is 12.1 Å². The number of fused-ring (bicyclic) bond motifs is 3. The van der Waals surface area contributed by atoms with Crippen LogP contribution in [0.1, 0.15) is 29.5 Å². The highest BCUT2D eigenvalue weighted by atomic mass is 32.1. The van der Waals surface area contributed by atoms with Gasteiger partial charge in [0.05, 0.1) is 0 Å². The Morgan fingerprint density at radius 3 is 3.14 bits per heavy atom. The van der Waals surface area contributed by atoms with Crippen LogP contribution in [-0.4, -0.2) is 14.6 Å². The molecule has 4 rings (SSSR count). The molecule has 4 nitrogen and oxygen atoms in total. The zero-order chi connectivity index (χ0) is 14.4. The van der Waals surface area contributed by atoms with Gasteiger partial charge in [0.15, 0.2) is 5.82 Å². The molecule has 0 fully saturated rings. The van der Waals surface area contributed by atoms with E-state index in [1.54, 1.807) is 11.3 Å². The molecule has 1 aliphatic rings. The standard InChI is InChI=1S/C16H18N4S/c1-10-5-6-13-14(7-10)21-16-19-18-15(20(13)16)12-4-2-3-11(8-12)9-17/h2-4,8,10H,5-7,9,17H2,1H3. The molecule has 21 heavy (non-hydrogen) atoms. The fourth-order valence-electron chi connectivity index (χ4n) is 3.11. The molecule has 3 aromatic rings. The Morgan fingerprint density at radius 1 is 1.38 bits per heavy atom. The first-order valence-corrected chi connectivity index (χ1v) is 8.23. The summed E-state index contributed by atoms with van der Waals surface area (Å²) in [6.45, 7) is 2.88. The third-order valence-electron chi connectivity index (χ3n) is 4.27. The van der Waals surface area contributed by atoms with E-state index < -0.39 is 0 Å². The highest BCUT2D eigenvalue weighted by molar-refractivity contribution is 7.17. The summed E-state index contributed by atoms with van der Waals surface area (Å²) >= 11 is 1.79. The molecule has 0 spiro atoms. The van der Waals surface area contributed by atoms with Gasteiger partial charge in [-0.25, -0.2) is 0 Å². The quantitative estimate of drug-likeness (QED) is 0.791. The lowest BCUT2D eigenvalue weighted by Gasteiger charge is -2.17. The smallest absolute Gasteiger partial charge is 0.216 e. The zero-order valence-electron chi connectivity index (χ0n) is 12.0. The van der Waals surface area contributed by atoms with Crippen LogP contribution < -0.4 is 5.73 Å². The van der Waals surface area contributed by atoms with E-state index in [4.69, 9.17) is 5.73 Å². The highest BCUT2D eigenvalue weighted by Gasteiger charge is 2.23. The molecule has 1 aromatic carbocycles. The summed E-state index contributed by atoms with van der Waals surface area (Å²) in [5, 5.41) is 8.79. The molecule has 1 aliphatic carbocycles. The van der Waals surface area contributed by atoms with Gasteiger partial charge in [-0.2, -0.15) is 0 Å². The molecule has 0 aliphatic heterocycles. The van der Waals surface area contributed by atoms with Crippen LogP contribution in [0, 0.1) is 5.92 Å². The molecule has 108 valence electrons. The number of hydrogen-bond donors (Lipinski definition) is 1. The van der Waals surface area contributed by atoms with Crippen LogP contribution in [0.5, 0.6) is 0 Å². The van der Waals surface area contributed by atoms with Gasteiger partial charge in [0.25, 0.3) is 0 Å². The topological polar surface area (TPSA) is 56.2 Å². The van der Waals surface area contributed by atoms with Crippen molar-refractivity contribution in [2.45, 2.75) is 32.7 Å². The summed E-state index contributed by atoms with van der Waals surface area (Å²) in [5.41, 5.74) is 9.39.